The fourth-order valence-corrected chi connectivity index (χ4v) is 5.16. The van der Waals surface area contributed by atoms with Gasteiger partial charge in [0.1, 0.15) is 5.75 Å². The molecule has 1 fully saturated rings. The smallest absolute Gasteiger partial charge is 0.127 e. The van der Waals surface area contributed by atoms with Gasteiger partial charge in [-0.05, 0) is 48.5 Å². The zero-order valence-corrected chi connectivity index (χ0v) is 14.0. The SMILES string of the molecule is CC1(C)CC(C)(C)CC(N)(c2cccc3c2OCCC3)C1. The largest absolute Gasteiger partial charge is 0.493 e. The fraction of sp³-hybridized carbons (Fsp3) is 0.684. The number of fused-ring (bicyclic) bond motifs is 1. The summed E-state index contributed by atoms with van der Waals surface area (Å²) in [5.41, 5.74) is 9.82. The van der Waals surface area contributed by atoms with E-state index in [0.717, 1.165) is 38.0 Å². The van der Waals surface area contributed by atoms with Crippen molar-refractivity contribution in [2.24, 2.45) is 16.6 Å². The molecule has 21 heavy (non-hydrogen) atoms. The molecular weight excluding hydrogens is 258 g/mol. The molecule has 1 aromatic carbocycles. The summed E-state index contributed by atoms with van der Waals surface area (Å²) < 4.78 is 6.03. The van der Waals surface area contributed by atoms with Crippen LogP contribution < -0.4 is 10.5 Å². The van der Waals surface area contributed by atoms with E-state index in [1.807, 2.05) is 0 Å². The predicted octanol–water partition coefficient (Wildman–Crippen LogP) is 4.40. The Morgan fingerprint density at radius 2 is 1.67 bits per heavy atom. The molecule has 2 N–H and O–H groups in total. The number of hydrogen-bond acceptors (Lipinski definition) is 2. The van der Waals surface area contributed by atoms with Crippen molar-refractivity contribution in [3.8, 4) is 5.75 Å². The molecule has 1 aliphatic carbocycles. The molecule has 3 rings (SSSR count). The molecule has 1 saturated carbocycles. The second kappa shape index (κ2) is 4.74. The minimum Gasteiger partial charge on any atom is -0.493 e. The van der Waals surface area contributed by atoms with E-state index in [-0.39, 0.29) is 16.4 Å². The molecule has 0 spiro atoms. The van der Waals surface area contributed by atoms with E-state index in [2.05, 4.69) is 45.9 Å². The van der Waals surface area contributed by atoms with E-state index < -0.39 is 0 Å². The molecule has 2 nitrogen and oxygen atoms in total. The van der Waals surface area contributed by atoms with Crippen molar-refractivity contribution < 1.29 is 4.74 Å². The minimum absolute atomic E-state index is 0.270. The van der Waals surface area contributed by atoms with Crippen LogP contribution in [0.1, 0.15) is 64.5 Å². The molecule has 0 radical (unpaired) electrons. The molecule has 0 saturated heterocycles. The molecule has 2 heteroatoms. The van der Waals surface area contributed by atoms with Crippen LogP contribution in [-0.4, -0.2) is 6.61 Å². The average Bonchev–Trinajstić information content (AvgIpc) is 2.33. The highest BCUT2D eigenvalue weighted by atomic mass is 16.5. The first-order valence-corrected chi connectivity index (χ1v) is 8.25. The van der Waals surface area contributed by atoms with Crippen LogP contribution in [0, 0.1) is 10.8 Å². The lowest BCUT2D eigenvalue weighted by atomic mass is 9.57. The van der Waals surface area contributed by atoms with Crippen LogP contribution in [-0.2, 0) is 12.0 Å². The van der Waals surface area contributed by atoms with Gasteiger partial charge in [0.25, 0.3) is 0 Å². The van der Waals surface area contributed by atoms with Gasteiger partial charge < -0.3 is 10.5 Å². The van der Waals surface area contributed by atoms with Crippen LogP contribution in [0.25, 0.3) is 0 Å². The molecule has 0 unspecified atom stereocenters. The Kier molecular flexibility index (Phi) is 3.36. The lowest BCUT2D eigenvalue weighted by Crippen LogP contribution is -2.50. The highest BCUT2D eigenvalue weighted by Gasteiger charge is 2.47. The maximum absolute atomic E-state index is 6.98. The van der Waals surface area contributed by atoms with Gasteiger partial charge in [0.2, 0.25) is 0 Å². The Labute approximate surface area is 129 Å². The van der Waals surface area contributed by atoms with E-state index >= 15 is 0 Å². The van der Waals surface area contributed by atoms with Crippen molar-refractivity contribution in [2.75, 3.05) is 6.61 Å². The van der Waals surface area contributed by atoms with E-state index in [0.29, 0.717) is 0 Å². The number of benzene rings is 1. The highest BCUT2D eigenvalue weighted by molar-refractivity contribution is 5.47. The maximum Gasteiger partial charge on any atom is 0.127 e. The van der Waals surface area contributed by atoms with E-state index in [1.54, 1.807) is 0 Å². The van der Waals surface area contributed by atoms with Gasteiger partial charge in [-0.1, -0.05) is 45.9 Å². The first-order chi connectivity index (χ1) is 9.71. The van der Waals surface area contributed by atoms with Crippen molar-refractivity contribution >= 4 is 0 Å². The Hall–Kier alpha value is -1.02. The summed E-state index contributed by atoms with van der Waals surface area (Å²) in [6.07, 6.45) is 5.53. The van der Waals surface area contributed by atoms with Gasteiger partial charge >= 0.3 is 0 Å². The molecule has 0 aromatic heterocycles. The zero-order chi connectivity index (χ0) is 15.3. The molecule has 0 bridgehead atoms. The average molecular weight is 287 g/mol. The number of hydrogen-bond donors (Lipinski definition) is 1. The molecule has 0 amide bonds. The Morgan fingerprint density at radius 1 is 1.00 bits per heavy atom. The lowest BCUT2D eigenvalue weighted by Gasteiger charge is -2.51. The van der Waals surface area contributed by atoms with Crippen LogP contribution in [0.3, 0.4) is 0 Å². The van der Waals surface area contributed by atoms with Crippen LogP contribution >= 0.6 is 0 Å². The van der Waals surface area contributed by atoms with E-state index in [4.69, 9.17) is 10.5 Å². The standard InChI is InChI=1S/C19H29NO/c1-17(2)11-18(3,4)13-19(20,12-17)15-9-5-7-14-8-6-10-21-16(14)15/h5,7,9H,6,8,10-13,20H2,1-4H3. The summed E-state index contributed by atoms with van der Waals surface area (Å²) in [6.45, 7) is 10.2. The number of nitrogens with two attached hydrogens (primary N) is 1. The molecular formula is C19H29NO. The first kappa shape index (κ1) is 14.9. The van der Waals surface area contributed by atoms with E-state index in [9.17, 15) is 0 Å². The van der Waals surface area contributed by atoms with Crippen molar-refractivity contribution in [3.05, 3.63) is 29.3 Å². The maximum atomic E-state index is 6.98. The molecule has 1 aliphatic heterocycles. The molecule has 1 aromatic rings. The number of aryl methyl sites for hydroxylation is 1. The van der Waals surface area contributed by atoms with Gasteiger partial charge in [-0.15, -0.1) is 0 Å². The summed E-state index contributed by atoms with van der Waals surface area (Å²) >= 11 is 0. The van der Waals surface area contributed by atoms with Crippen molar-refractivity contribution in [1.82, 2.24) is 0 Å². The van der Waals surface area contributed by atoms with Crippen LogP contribution in [0.4, 0.5) is 0 Å². The second-order valence-electron chi connectivity index (χ2n) is 8.76. The van der Waals surface area contributed by atoms with Crippen LogP contribution in [0.2, 0.25) is 0 Å². The van der Waals surface area contributed by atoms with Crippen molar-refractivity contribution in [1.29, 1.82) is 0 Å². The minimum atomic E-state index is -0.270. The third kappa shape index (κ3) is 2.83. The quantitative estimate of drug-likeness (QED) is 0.830. The summed E-state index contributed by atoms with van der Waals surface area (Å²) in [6, 6.07) is 6.55. The van der Waals surface area contributed by atoms with Crippen LogP contribution in [0.15, 0.2) is 18.2 Å². The zero-order valence-electron chi connectivity index (χ0n) is 14.0. The third-order valence-electron chi connectivity index (χ3n) is 5.01. The van der Waals surface area contributed by atoms with Gasteiger partial charge in [0, 0.05) is 11.1 Å². The van der Waals surface area contributed by atoms with Crippen molar-refractivity contribution in [2.45, 2.75) is 65.3 Å². The second-order valence-corrected chi connectivity index (χ2v) is 8.76. The van der Waals surface area contributed by atoms with Crippen LogP contribution in [0.5, 0.6) is 5.75 Å². The summed E-state index contributed by atoms with van der Waals surface area (Å²) in [7, 11) is 0. The highest BCUT2D eigenvalue weighted by Crippen LogP contribution is 2.54. The summed E-state index contributed by atoms with van der Waals surface area (Å²) in [5, 5.41) is 0. The summed E-state index contributed by atoms with van der Waals surface area (Å²) in [5.74, 6) is 1.08. The molecule has 116 valence electrons. The number of ether oxygens (including phenoxy) is 1. The number of para-hydroxylation sites is 1. The normalized spacial score (nSPS) is 25.8. The Morgan fingerprint density at radius 3 is 2.33 bits per heavy atom. The molecule has 2 aliphatic rings. The molecule has 0 atom stereocenters. The van der Waals surface area contributed by atoms with E-state index in [1.165, 1.54) is 17.5 Å². The Balaban J connectivity index is 2.06. The van der Waals surface area contributed by atoms with Gasteiger partial charge in [-0.3, -0.25) is 0 Å². The van der Waals surface area contributed by atoms with Gasteiger partial charge in [0.15, 0.2) is 0 Å². The van der Waals surface area contributed by atoms with Gasteiger partial charge in [0.05, 0.1) is 6.61 Å². The third-order valence-corrected chi connectivity index (χ3v) is 5.01. The number of rotatable bonds is 1. The monoisotopic (exact) mass is 287 g/mol. The van der Waals surface area contributed by atoms with Gasteiger partial charge in [-0.2, -0.15) is 0 Å². The first-order valence-electron chi connectivity index (χ1n) is 8.25. The topological polar surface area (TPSA) is 35.2 Å². The fourth-order valence-electron chi connectivity index (χ4n) is 5.16. The van der Waals surface area contributed by atoms with Crippen molar-refractivity contribution in [3.63, 3.8) is 0 Å². The Bertz CT molecular complexity index is 528. The molecule has 1 heterocycles. The lowest BCUT2D eigenvalue weighted by molar-refractivity contribution is 0.0453. The predicted molar refractivity (Wildman–Crippen MR) is 87.5 cm³/mol. The van der Waals surface area contributed by atoms with Gasteiger partial charge in [-0.25, -0.2) is 0 Å². The summed E-state index contributed by atoms with van der Waals surface area (Å²) in [4.78, 5) is 0.